The third-order valence-corrected chi connectivity index (χ3v) is 8.50. The molecule has 0 aliphatic rings. The minimum absolute atomic E-state index is 0. The van der Waals surface area contributed by atoms with Crippen molar-refractivity contribution in [1.82, 2.24) is 9.97 Å². The molecule has 2 aromatic heterocycles. The number of nitrogens with zero attached hydrogens (tertiary/aromatic N) is 2. The molecule has 48 heavy (non-hydrogen) atoms. The summed E-state index contributed by atoms with van der Waals surface area (Å²) in [5.74, 6) is 0. The summed E-state index contributed by atoms with van der Waals surface area (Å²) in [6.07, 6.45) is 3.84. The topological polar surface area (TPSA) is 25.8 Å². The van der Waals surface area contributed by atoms with E-state index in [1.807, 2.05) is 30.6 Å². The summed E-state index contributed by atoms with van der Waals surface area (Å²) in [5, 5.41) is 5.10. The standard InChI is InChI=1S/C26H18N.C19H16N.Ir/c1-18-13-14-26(27-17-18)21-9-6-8-19(15-21)25-16-20-7-2-3-10-22(20)23-11-4-5-12-24(23)25;1-14-8-10-17(11-9-14)19-12-18(15(2)13-20-19)16-6-4-3-5-7-16;/h2-8,10-17H,1H3;3-10,12-13H,1-2H3;/q2*-1;. The average Bonchev–Trinajstić information content (AvgIpc) is 3.13. The van der Waals surface area contributed by atoms with Gasteiger partial charge in [0.25, 0.3) is 0 Å². The molecule has 0 bridgehead atoms. The molecule has 8 rings (SSSR count). The summed E-state index contributed by atoms with van der Waals surface area (Å²) in [6, 6.07) is 55.3. The molecule has 235 valence electrons. The van der Waals surface area contributed by atoms with Crippen molar-refractivity contribution in [3.05, 3.63) is 181 Å². The Kier molecular flexibility index (Phi) is 10.0. The van der Waals surface area contributed by atoms with Gasteiger partial charge in [-0.05, 0) is 80.7 Å². The first kappa shape index (κ1) is 32.7. The van der Waals surface area contributed by atoms with Crippen molar-refractivity contribution < 1.29 is 20.1 Å². The third kappa shape index (κ3) is 7.04. The zero-order valence-electron chi connectivity index (χ0n) is 27.2. The molecule has 0 aliphatic carbocycles. The van der Waals surface area contributed by atoms with Crippen LogP contribution in [0.1, 0.15) is 16.7 Å². The molecule has 3 heteroatoms. The molecule has 2 nitrogen and oxygen atoms in total. The van der Waals surface area contributed by atoms with Gasteiger partial charge in [0.15, 0.2) is 0 Å². The summed E-state index contributed by atoms with van der Waals surface area (Å²) in [4.78, 5) is 9.10. The maximum atomic E-state index is 4.56. The van der Waals surface area contributed by atoms with Crippen LogP contribution in [0.4, 0.5) is 0 Å². The van der Waals surface area contributed by atoms with E-state index in [1.165, 1.54) is 54.9 Å². The van der Waals surface area contributed by atoms with Crippen molar-refractivity contribution in [3.8, 4) is 44.8 Å². The van der Waals surface area contributed by atoms with Crippen LogP contribution in [-0.2, 0) is 20.1 Å². The molecule has 0 amide bonds. The van der Waals surface area contributed by atoms with Crippen LogP contribution in [-0.4, -0.2) is 9.97 Å². The normalized spacial score (nSPS) is 10.6. The Morgan fingerprint density at radius 1 is 0.479 bits per heavy atom. The molecule has 0 saturated carbocycles. The van der Waals surface area contributed by atoms with Crippen molar-refractivity contribution in [2.45, 2.75) is 20.8 Å². The zero-order chi connectivity index (χ0) is 32.2. The van der Waals surface area contributed by atoms with Crippen LogP contribution in [0.15, 0.2) is 152 Å². The van der Waals surface area contributed by atoms with Crippen LogP contribution in [0.5, 0.6) is 0 Å². The molecule has 0 aliphatic heterocycles. The fraction of sp³-hybridized carbons (Fsp3) is 0.0667. The molecule has 0 fully saturated rings. The number of pyridine rings is 2. The summed E-state index contributed by atoms with van der Waals surface area (Å²) in [7, 11) is 0. The van der Waals surface area contributed by atoms with E-state index in [0.29, 0.717) is 0 Å². The maximum absolute atomic E-state index is 4.56. The maximum Gasteiger partial charge on any atom is 0.0196 e. The van der Waals surface area contributed by atoms with Gasteiger partial charge in [0.2, 0.25) is 0 Å². The first-order valence-electron chi connectivity index (χ1n) is 15.9. The Morgan fingerprint density at radius 2 is 1.19 bits per heavy atom. The number of aryl methyl sites for hydroxylation is 3. The van der Waals surface area contributed by atoms with Gasteiger partial charge in [0.05, 0.1) is 0 Å². The van der Waals surface area contributed by atoms with E-state index in [9.17, 15) is 0 Å². The number of fused-ring (bicyclic) bond motifs is 3. The van der Waals surface area contributed by atoms with Gasteiger partial charge in [-0.25, -0.2) is 0 Å². The largest absolute Gasteiger partial charge is 0.304 e. The number of benzene rings is 6. The molecule has 0 unspecified atom stereocenters. The molecule has 1 radical (unpaired) electrons. The smallest absolute Gasteiger partial charge is 0.0196 e. The summed E-state index contributed by atoms with van der Waals surface area (Å²) < 4.78 is 0. The Morgan fingerprint density at radius 3 is 1.94 bits per heavy atom. The summed E-state index contributed by atoms with van der Waals surface area (Å²) in [6.45, 7) is 6.22. The van der Waals surface area contributed by atoms with E-state index in [1.54, 1.807) is 0 Å². The van der Waals surface area contributed by atoms with Crippen LogP contribution in [0, 0.1) is 32.9 Å². The number of hydrogen-bond donors (Lipinski definition) is 0. The van der Waals surface area contributed by atoms with Gasteiger partial charge in [-0.1, -0.05) is 104 Å². The van der Waals surface area contributed by atoms with E-state index in [-0.39, 0.29) is 20.1 Å². The number of hydrogen-bond acceptors (Lipinski definition) is 2. The Bertz CT molecular complexity index is 2310. The van der Waals surface area contributed by atoms with Crippen molar-refractivity contribution in [2.24, 2.45) is 0 Å². The van der Waals surface area contributed by atoms with Crippen molar-refractivity contribution in [1.29, 1.82) is 0 Å². The van der Waals surface area contributed by atoms with Crippen LogP contribution in [0.25, 0.3) is 66.3 Å². The van der Waals surface area contributed by atoms with Crippen LogP contribution >= 0.6 is 0 Å². The van der Waals surface area contributed by atoms with Crippen LogP contribution in [0.2, 0.25) is 0 Å². The first-order valence-corrected chi connectivity index (χ1v) is 15.9. The minimum Gasteiger partial charge on any atom is -0.304 e. The number of rotatable bonds is 4. The molecule has 6 aromatic carbocycles. The Balaban J connectivity index is 0.000000171. The van der Waals surface area contributed by atoms with Gasteiger partial charge < -0.3 is 9.97 Å². The van der Waals surface area contributed by atoms with Gasteiger partial charge in [-0.3, -0.25) is 0 Å². The Hall–Kier alpha value is -5.21. The van der Waals surface area contributed by atoms with Gasteiger partial charge in [-0.15, -0.1) is 70.8 Å². The van der Waals surface area contributed by atoms with Crippen LogP contribution in [0.3, 0.4) is 0 Å². The van der Waals surface area contributed by atoms with Crippen molar-refractivity contribution in [2.75, 3.05) is 0 Å². The second-order valence-corrected chi connectivity index (χ2v) is 11.9. The monoisotopic (exact) mass is 795 g/mol. The third-order valence-electron chi connectivity index (χ3n) is 8.50. The molecule has 2 heterocycles. The second kappa shape index (κ2) is 14.7. The molecule has 0 saturated heterocycles. The molecular weight excluding hydrogens is 761 g/mol. The van der Waals surface area contributed by atoms with Gasteiger partial charge in [0.1, 0.15) is 0 Å². The molecule has 0 spiro atoms. The molecular formula is C45H34IrN2-2. The second-order valence-electron chi connectivity index (χ2n) is 11.9. The number of aromatic nitrogens is 2. The molecule has 0 atom stereocenters. The fourth-order valence-electron chi connectivity index (χ4n) is 5.96. The first-order chi connectivity index (χ1) is 23.0. The molecule has 8 aromatic rings. The summed E-state index contributed by atoms with van der Waals surface area (Å²) in [5.41, 5.74) is 12.4. The van der Waals surface area contributed by atoms with Gasteiger partial charge >= 0.3 is 0 Å². The van der Waals surface area contributed by atoms with Gasteiger partial charge in [-0.2, -0.15) is 0 Å². The van der Waals surface area contributed by atoms with E-state index in [0.717, 1.165) is 28.1 Å². The van der Waals surface area contributed by atoms with Crippen molar-refractivity contribution in [3.63, 3.8) is 0 Å². The quantitative estimate of drug-likeness (QED) is 0.131. The van der Waals surface area contributed by atoms with E-state index in [4.69, 9.17) is 0 Å². The van der Waals surface area contributed by atoms with E-state index < -0.39 is 0 Å². The van der Waals surface area contributed by atoms with E-state index >= 15 is 0 Å². The average molecular weight is 795 g/mol. The predicted molar refractivity (Wildman–Crippen MR) is 197 cm³/mol. The SMILES string of the molecule is Cc1c[c-]c(-c2cc(-c3ccccc3)c(C)cn2)cc1.Cc1ccc(-c2[c-]ccc(-c3cc4ccccc4c4ccccc34)c2)nc1.[Ir]. The predicted octanol–water partition coefficient (Wildman–Crippen LogP) is 11.7. The fourth-order valence-corrected chi connectivity index (χ4v) is 5.96. The minimum atomic E-state index is 0. The Labute approximate surface area is 296 Å². The van der Waals surface area contributed by atoms with Crippen LogP contribution < -0.4 is 0 Å². The van der Waals surface area contributed by atoms with Gasteiger partial charge in [0, 0.05) is 32.5 Å². The molecule has 0 N–H and O–H groups in total. The van der Waals surface area contributed by atoms with Crippen molar-refractivity contribution >= 4 is 21.5 Å². The summed E-state index contributed by atoms with van der Waals surface area (Å²) >= 11 is 0. The zero-order valence-corrected chi connectivity index (χ0v) is 29.6. The van der Waals surface area contributed by atoms with E-state index in [2.05, 4.69) is 164 Å².